The van der Waals surface area contributed by atoms with Crippen molar-refractivity contribution < 1.29 is 19.5 Å². The average molecular weight is 493 g/mol. The van der Waals surface area contributed by atoms with Crippen LogP contribution in [-0.4, -0.2) is 34.0 Å². The topological polar surface area (TPSA) is 120 Å². The van der Waals surface area contributed by atoms with Crippen LogP contribution in [0.15, 0.2) is 47.8 Å². The second kappa shape index (κ2) is 10.7. The zero-order valence-corrected chi connectivity index (χ0v) is 20.4. The maximum Gasteiger partial charge on any atom is 0.326 e. The molecule has 1 aliphatic carbocycles. The molecule has 4 rings (SSSR count). The van der Waals surface area contributed by atoms with E-state index in [0.29, 0.717) is 17.1 Å². The fraction of sp³-hybridized carbons (Fsp3) is 0.308. The lowest BCUT2D eigenvalue weighted by atomic mass is 9.99. The third-order valence-corrected chi connectivity index (χ3v) is 7.14. The zero-order valence-electron chi connectivity index (χ0n) is 19.6. The molecule has 1 aromatic heterocycles. The first-order valence-electron chi connectivity index (χ1n) is 11.6. The fourth-order valence-electron chi connectivity index (χ4n) is 4.05. The van der Waals surface area contributed by atoms with Crippen LogP contribution in [0.2, 0.25) is 0 Å². The predicted octanol–water partition coefficient (Wildman–Crippen LogP) is 5.17. The van der Waals surface area contributed by atoms with Crippen molar-refractivity contribution in [1.82, 2.24) is 10.3 Å². The number of urea groups is 1. The van der Waals surface area contributed by atoms with E-state index in [1.807, 2.05) is 31.2 Å². The number of benzene rings is 2. The van der Waals surface area contributed by atoms with Crippen LogP contribution in [0.1, 0.15) is 48.3 Å². The third-order valence-electron chi connectivity index (χ3n) is 6.25. The van der Waals surface area contributed by atoms with Crippen LogP contribution in [0.3, 0.4) is 0 Å². The third kappa shape index (κ3) is 5.86. The summed E-state index contributed by atoms with van der Waals surface area (Å²) in [4.78, 5) is 40.8. The molecular weight excluding hydrogens is 464 g/mol. The van der Waals surface area contributed by atoms with Gasteiger partial charge in [-0.2, -0.15) is 0 Å². The minimum absolute atomic E-state index is 0.176. The number of nitrogens with zero attached hydrogens (tertiary/aromatic N) is 1. The van der Waals surface area contributed by atoms with E-state index in [0.717, 1.165) is 30.5 Å². The minimum Gasteiger partial charge on any atom is -0.480 e. The summed E-state index contributed by atoms with van der Waals surface area (Å²) in [6, 6.07) is 11.9. The summed E-state index contributed by atoms with van der Waals surface area (Å²) in [6.07, 6.45) is 3.93. The second-order valence-electron chi connectivity index (χ2n) is 8.71. The first-order valence-corrected chi connectivity index (χ1v) is 12.5. The van der Waals surface area contributed by atoms with E-state index >= 15 is 0 Å². The van der Waals surface area contributed by atoms with E-state index < -0.39 is 17.9 Å². The molecule has 0 saturated heterocycles. The van der Waals surface area contributed by atoms with Crippen molar-refractivity contribution in [2.45, 2.75) is 45.6 Å². The SMILES string of the molecule is CCC(C)C(NC(=O)c1csc(-c2ccc(NC(=O)Nc3ccc4c(c3)CCC4)cc2)n1)C(=O)O. The Hall–Kier alpha value is -3.72. The molecule has 4 N–H and O–H groups in total. The number of carboxylic acid groups (broad SMARTS) is 1. The van der Waals surface area contributed by atoms with Gasteiger partial charge in [-0.15, -0.1) is 11.3 Å². The van der Waals surface area contributed by atoms with Crippen LogP contribution >= 0.6 is 11.3 Å². The first kappa shape index (κ1) is 24.4. The van der Waals surface area contributed by atoms with Gasteiger partial charge in [-0.1, -0.05) is 26.3 Å². The maximum absolute atomic E-state index is 12.5. The standard InChI is InChI=1S/C26H28N4O4S/c1-3-15(2)22(25(32)33)30-23(31)21-14-35-24(29-21)17-8-10-19(11-9-17)27-26(34)28-20-12-7-16-5-4-6-18(16)13-20/h7-15,22H,3-6H2,1-2H3,(H,30,31)(H,32,33)(H2,27,28,34). The van der Waals surface area contributed by atoms with Gasteiger partial charge in [0.1, 0.15) is 16.7 Å². The highest BCUT2D eigenvalue weighted by atomic mass is 32.1. The number of carboxylic acids is 1. The molecule has 2 unspecified atom stereocenters. The molecule has 0 fully saturated rings. The molecule has 9 heteroatoms. The summed E-state index contributed by atoms with van der Waals surface area (Å²) in [6.45, 7) is 3.66. The van der Waals surface area contributed by atoms with Gasteiger partial charge in [0.05, 0.1) is 0 Å². The van der Waals surface area contributed by atoms with Crippen LogP contribution in [0, 0.1) is 5.92 Å². The number of hydrogen-bond donors (Lipinski definition) is 4. The van der Waals surface area contributed by atoms with E-state index in [1.165, 1.54) is 22.5 Å². The van der Waals surface area contributed by atoms with Crippen LogP contribution in [0.4, 0.5) is 16.2 Å². The Kier molecular flexibility index (Phi) is 7.45. The number of amides is 3. The molecule has 8 nitrogen and oxygen atoms in total. The van der Waals surface area contributed by atoms with Crippen molar-refractivity contribution >= 4 is 40.6 Å². The van der Waals surface area contributed by atoms with Crippen molar-refractivity contribution in [2.24, 2.45) is 5.92 Å². The Bertz CT molecular complexity index is 1240. The van der Waals surface area contributed by atoms with Gasteiger partial charge in [-0.25, -0.2) is 14.6 Å². The van der Waals surface area contributed by atoms with Gasteiger partial charge in [-0.3, -0.25) is 4.79 Å². The molecule has 1 heterocycles. The predicted molar refractivity (Wildman–Crippen MR) is 137 cm³/mol. The smallest absolute Gasteiger partial charge is 0.326 e. The summed E-state index contributed by atoms with van der Waals surface area (Å²) in [5.41, 5.74) is 5.01. The Labute approximate surface area is 207 Å². The van der Waals surface area contributed by atoms with Crippen LogP contribution in [0.25, 0.3) is 10.6 Å². The number of thiazole rings is 1. The van der Waals surface area contributed by atoms with E-state index in [4.69, 9.17) is 0 Å². The molecule has 0 aliphatic heterocycles. The van der Waals surface area contributed by atoms with Crippen molar-refractivity contribution in [1.29, 1.82) is 0 Å². The number of aryl methyl sites for hydroxylation is 2. The normalized spacial score (nSPS) is 14.0. The molecular formula is C26H28N4O4S. The number of aliphatic carboxylic acids is 1. The minimum atomic E-state index is -1.06. The fourth-order valence-corrected chi connectivity index (χ4v) is 4.85. The van der Waals surface area contributed by atoms with Crippen molar-refractivity contribution in [3.05, 3.63) is 64.7 Å². The number of aromatic nitrogens is 1. The summed E-state index contributed by atoms with van der Waals surface area (Å²) in [7, 11) is 0. The molecule has 0 radical (unpaired) electrons. The Balaban J connectivity index is 1.36. The number of carbonyl (C=O) groups is 3. The molecule has 2 atom stereocenters. The van der Waals surface area contributed by atoms with E-state index in [1.54, 1.807) is 24.4 Å². The van der Waals surface area contributed by atoms with Crippen LogP contribution in [-0.2, 0) is 17.6 Å². The lowest BCUT2D eigenvalue weighted by Gasteiger charge is -2.19. The zero-order chi connectivity index (χ0) is 24.9. The number of hydrogen-bond acceptors (Lipinski definition) is 5. The van der Waals surface area contributed by atoms with Gasteiger partial charge in [-0.05, 0) is 72.7 Å². The Morgan fingerprint density at radius 2 is 1.71 bits per heavy atom. The van der Waals surface area contributed by atoms with Gasteiger partial charge in [0.25, 0.3) is 5.91 Å². The molecule has 2 aromatic carbocycles. The van der Waals surface area contributed by atoms with Gasteiger partial charge < -0.3 is 21.1 Å². The van der Waals surface area contributed by atoms with Gasteiger partial charge in [0.15, 0.2) is 0 Å². The van der Waals surface area contributed by atoms with Crippen LogP contribution < -0.4 is 16.0 Å². The number of rotatable bonds is 8. The van der Waals surface area contributed by atoms with Gasteiger partial charge >= 0.3 is 12.0 Å². The Morgan fingerprint density at radius 3 is 2.43 bits per heavy atom. The quantitative estimate of drug-likeness (QED) is 0.346. The second-order valence-corrected chi connectivity index (χ2v) is 9.56. The monoisotopic (exact) mass is 492 g/mol. The molecule has 3 aromatic rings. The number of nitrogens with one attached hydrogen (secondary N) is 3. The lowest BCUT2D eigenvalue weighted by Crippen LogP contribution is -2.45. The number of anilines is 2. The first-order chi connectivity index (χ1) is 16.8. The van der Waals surface area contributed by atoms with Gasteiger partial charge in [0.2, 0.25) is 0 Å². The van der Waals surface area contributed by atoms with E-state index in [2.05, 4.69) is 27.0 Å². The maximum atomic E-state index is 12.5. The molecule has 0 spiro atoms. The highest BCUT2D eigenvalue weighted by molar-refractivity contribution is 7.13. The van der Waals surface area contributed by atoms with Crippen molar-refractivity contribution in [2.75, 3.05) is 10.6 Å². The van der Waals surface area contributed by atoms with Crippen LogP contribution in [0.5, 0.6) is 0 Å². The van der Waals surface area contributed by atoms with Crippen molar-refractivity contribution in [3.8, 4) is 10.6 Å². The van der Waals surface area contributed by atoms with E-state index in [9.17, 15) is 19.5 Å². The molecule has 35 heavy (non-hydrogen) atoms. The summed E-state index contributed by atoms with van der Waals surface area (Å²) >= 11 is 1.29. The summed E-state index contributed by atoms with van der Waals surface area (Å²) in [5.74, 6) is -1.78. The molecule has 1 aliphatic rings. The highest BCUT2D eigenvalue weighted by Crippen LogP contribution is 2.27. The van der Waals surface area contributed by atoms with E-state index in [-0.39, 0.29) is 17.6 Å². The number of fused-ring (bicyclic) bond motifs is 1. The largest absolute Gasteiger partial charge is 0.480 e. The van der Waals surface area contributed by atoms with Crippen molar-refractivity contribution in [3.63, 3.8) is 0 Å². The highest BCUT2D eigenvalue weighted by Gasteiger charge is 2.26. The molecule has 0 saturated carbocycles. The summed E-state index contributed by atoms with van der Waals surface area (Å²) in [5, 5.41) is 19.9. The Morgan fingerprint density at radius 1 is 1.03 bits per heavy atom. The molecule has 0 bridgehead atoms. The average Bonchev–Trinajstić information content (AvgIpc) is 3.52. The van der Waals surface area contributed by atoms with Gasteiger partial charge in [0, 0.05) is 22.3 Å². The molecule has 182 valence electrons. The summed E-state index contributed by atoms with van der Waals surface area (Å²) < 4.78 is 0. The number of carbonyl (C=O) groups excluding carboxylic acids is 2. The lowest BCUT2D eigenvalue weighted by molar-refractivity contribution is -0.140. The molecule has 3 amide bonds.